The van der Waals surface area contributed by atoms with E-state index in [9.17, 15) is 4.79 Å². The summed E-state index contributed by atoms with van der Waals surface area (Å²) in [5, 5.41) is 8.59. The van der Waals surface area contributed by atoms with Crippen molar-refractivity contribution in [2.24, 2.45) is 0 Å². The monoisotopic (exact) mass is 268 g/mol. The lowest BCUT2D eigenvalue weighted by atomic mass is 10.2. The molecule has 15 heavy (non-hydrogen) atoms. The van der Waals surface area contributed by atoms with Gasteiger partial charge in [-0.05, 0) is 34.5 Å². The maximum atomic E-state index is 11.2. The molecule has 1 aromatic rings. The number of rotatable bonds is 3. The van der Waals surface area contributed by atoms with E-state index in [2.05, 4.69) is 20.9 Å². The largest absolute Gasteiger partial charge is 0.466 e. The van der Waals surface area contributed by atoms with Gasteiger partial charge < -0.3 is 4.74 Å². The molecule has 0 bridgehead atoms. The number of nitriles is 1. The third-order valence-corrected chi connectivity index (χ3v) is 2.37. The van der Waals surface area contributed by atoms with Crippen molar-refractivity contribution in [3.05, 3.63) is 28.0 Å². The smallest absolute Gasteiger partial charge is 0.310 e. The molecule has 0 radical (unpaired) electrons. The van der Waals surface area contributed by atoms with Gasteiger partial charge in [0.2, 0.25) is 0 Å². The first kappa shape index (κ1) is 11.7. The fraction of sp³-hybridized carbons (Fsp3) is 0.300. The summed E-state index contributed by atoms with van der Waals surface area (Å²) < 4.78 is 5.31. The van der Waals surface area contributed by atoms with Gasteiger partial charge in [-0.15, -0.1) is 0 Å². The predicted octanol–water partition coefficient (Wildman–Crippen LogP) is 1.82. The molecule has 0 aliphatic carbocycles. The first-order chi connectivity index (χ1) is 7.17. The van der Waals surface area contributed by atoms with Crippen molar-refractivity contribution in [3.8, 4) is 6.07 Å². The highest BCUT2D eigenvalue weighted by atomic mass is 79.9. The molecule has 0 spiro atoms. The number of hydrogen-bond donors (Lipinski definition) is 0. The van der Waals surface area contributed by atoms with Crippen LogP contribution < -0.4 is 0 Å². The van der Waals surface area contributed by atoms with Crippen LogP contribution in [0.2, 0.25) is 0 Å². The predicted molar refractivity (Wildman–Crippen MR) is 57.0 cm³/mol. The Hall–Kier alpha value is -1.41. The average molecular weight is 269 g/mol. The number of carbonyl (C=O) groups excluding carboxylic acids is 1. The Morgan fingerprint density at radius 2 is 2.40 bits per heavy atom. The highest BCUT2D eigenvalue weighted by molar-refractivity contribution is 9.10. The van der Waals surface area contributed by atoms with Crippen LogP contribution in [-0.2, 0) is 16.0 Å². The van der Waals surface area contributed by atoms with Gasteiger partial charge in [0.15, 0.2) is 0 Å². The van der Waals surface area contributed by atoms with Gasteiger partial charge in [0.05, 0.1) is 13.0 Å². The van der Waals surface area contributed by atoms with Crippen LogP contribution in [0.15, 0.2) is 16.7 Å². The normalized spacial score (nSPS) is 9.40. The van der Waals surface area contributed by atoms with Crippen molar-refractivity contribution in [1.82, 2.24) is 4.98 Å². The Morgan fingerprint density at radius 1 is 1.67 bits per heavy atom. The summed E-state index contributed by atoms with van der Waals surface area (Å²) in [5.74, 6) is -0.301. The standard InChI is InChI=1S/C10H9BrN2O2/c1-2-15-9(14)5-7-3-4-8(6-12)13-10(7)11/h3-4H,2,5H2,1H3. The van der Waals surface area contributed by atoms with E-state index in [0.29, 0.717) is 22.5 Å². The van der Waals surface area contributed by atoms with E-state index in [4.69, 9.17) is 10.00 Å². The Kier molecular flexibility index (Phi) is 4.25. The Bertz CT molecular complexity index is 412. The van der Waals surface area contributed by atoms with Crippen molar-refractivity contribution in [2.45, 2.75) is 13.3 Å². The number of ether oxygens (including phenoxy) is 1. The van der Waals surface area contributed by atoms with E-state index in [0.717, 1.165) is 0 Å². The Labute approximate surface area is 96.0 Å². The lowest BCUT2D eigenvalue weighted by Crippen LogP contribution is -2.08. The first-order valence-corrected chi connectivity index (χ1v) is 5.17. The molecule has 0 unspecified atom stereocenters. The molecule has 1 aromatic heterocycles. The van der Waals surface area contributed by atoms with Crippen molar-refractivity contribution >= 4 is 21.9 Å². The fourth-order valence-electron chi connectivity index (χ4n) is 1.02. The molecule has 1 heterocycles. The molecule has 0 saturated heterocycles. The third-order valence-electron chi connectivity index (χ3n) is 1.68. The van der Waals surface area contributed by atoms with Gasteiger partial charge in [0.1, 0.15) is 16.4 Å². The van der Waals surface area contributed by atoms with Gasteiger partial charge in [-0.25, -0.2) is 4.98 Å². The molecule has 0 N–H and O–H groups in total. The number of pyridine rings is 1. The molecular weight excluding hydrogens is 260 g/mol. The van der Waals surface area contributed by atoms with Crippen molar-refractivity contribution in [2.75, 3.05) is 6.61 Å². The minimum absolute atomic E-state index is 0.160. The van der Waals surface area contributed by atoms with Crippen LogP contribution in [0.4, 0.5) is 0 Å². The maximum Gasteiger partial charge on any atom is 0.310 e. The van der Waals surface area contributed by atoms with Gasteiger partial charge >= 0.3 is 5.97 Å². The summed E-state index contributed by atoms with van der Waals surface area (Å²) in [4.78, 5) is 15.1. The number of hydrogen-bond acceptors (Lipinski definition) is 4. The Balaban J connectivity index is 2.79. The van der Waals surface area contributed by atoms with E-state index >= 15 is 0 Å². The highest BCUT2D eigenvalue weighted by Gasteiger charge is 2.08. The zero-order valence-corrected chi connectivity index (χ0v) is 9.74. The van der Waals surface area contributed by atoms with E-state index in [1.807, 2.05) is 6.07 Å². The van der Waals surface area contributed by atoms with Crippen LogP contribution in [0, 0.1) is 11.3 Å². The van der Waals surface area contributed by atoms with E-state index in [1.165, 1.54) is 0 Å². The van der Waals surface area contributed by atoms with Crippen LogP contribution in [0.3, 0.4) is 0 Å². The summed E-state index contributed by atoms with van der Waals surface area (Å²) in [6.07, 6.45) is 0.160. The second kappa shape index (κ2) is 5.47. The van der Waals surface area contributed by atoms with E-state index < -0.39 is 0 Å². The van der Waals surface area contributed by atoms with Gasteiger partial charge in [-0.1, -0.05) is 6.07 Å². The van der Waals surface area contributed by atoms with Gasteiger partial charge in [-0.3, -0.25) is 4.79 Å². The second-order valence-corrected chi connectivity index (χ2v) is 3.49. The average Bonchev–Trinajstić information content (AvgIpc) is 2.21. The molecule has 0 aliphatic rings. The van der Waals surface area contributed by atoms with Crippen molar-refractivity contribution in [3.63, 3.8) is 0 Å². The zero-order valence-electron chi connectivity index (χ0n) is 8.16. The third kappa shape index (κ3) is 3.33. The molecular formula is C10H9BrN2O2. The number of carbonyl (C=O) groups is 1. The van der Waals surface area contributed by atoms with Crippen LogP contribution in [0.25, 0.3) is 0 Å². The molecule has 0 fully saturated rings. The highest BCUT2D eigenvalue weighted by Crippen LogP contribution is 2.15. The van der Waals surface area contributed by atoms with E-state index in [1.54, 1.807) is 19.1 Å². The zero-order chi connectivity index (χ0) is 11.3. The summed E-state index contributed by atoms with van der Waals surface area (Å²) in [5.41, 5.74) is 1.03. The molecule has 78 valence electrons. The summed E-state index contributed by atoms with van der Waals surface area (Å²) in [6.45, 7) is 2.12. The summed E-state index contributed by atoms with van der Waals surface area (Å²) in [6, 6.07) is 5.17. The topological polar surface area (TPSA) is 63.0 Å². The van der Waals surface area contributed by atoms with Crippen LogP contribution in [-0.4, -0.2) is 17.6 Å². The number of nitrogens with zero attached hydrogens (tertiary/aromatic N) is 2. The maximum absolute atomic E-state index is 11.2. The lowest BCUT2D eigenvalue weighted by molar-refractivity contribution is -0.142. The fourth-order valence-corrected chi connectivity index (χ4v) is 1.49. The van der Waals surface area contributed by atoms with Crippen LogP contribution >= 0.6 is 15.9 Å². The molecule has 4 nitrogen and oxygen atoms in total. The molecule has 1 rings (SSSR count). The van der Waals surface area contributed by atoms with Crippen molar-refractivity contribution < 1.29 is 9.53 Å². The van der Waals surface area contributed by atoms with Gasteiger partial charge in [0, 0.05) is 0 Å². The summed E-state index contributed by atoms with van der Waals surface area (Å²) in [7, 11) is 0. The van der Waals surface area contributed by atoms with Crippen molar-refractivity contribution in [1.29, 1.82) is 5.26 Å². The molecule has 5 heteroatoms. The minimum Gasteiger partial charge on any atom is -0.466 e. The van der Waals surface area contributed by atoms with Gasteiger partial charge in [0.25, 0.3) is 0 Å². The molecule has 0 aromatic carbocycles. The van der Waals surface area contributed by atoms with Crippen LogP contribution in [0.5, 0.6) is 0 Å². The number of halogens is 1. The minimum atomic E-state index is -0.301. The first-order valence-electron chi connectivity index (χ1n) is 4.38. The van der Waals surface area contributed by atoms with Crippen LogP contribution in [0.1, 0.15) is 18.2 Å². The number of esters is 1. The SMILES string of the molecule is CCOC(=O)Cc1ccc(C#N)nc1Br. The van der Waals surface area contributed by atoms with E-state index in [-0.39, 0.29) is 12.4 Å². The molecule has 0 amide bonds. The molecule has 0 atom stereocenters. The van der Waals surface area contributed by atoms with Gasteiger partial charge in [-0.2, -0.15) is 5.26 Å². The lowest BCUT2D eigenvalue weighted by Gasteiger charge is -2.03. The summed E-state index contributed by atoms with van der Waals surface area (Å²) >= 11 is 3.20. The Morgan fingerprint density at radius 3 is 2.93 bits per heavy atom. The molecule has 0 aliphatic heterocycles. The second-order valence-electron chi connectivity index (χ2n) is 2.74. The number of aromatic nitrogens is 1. The quantitative estimate of drug-likeness (QED) is 0.620. The molecule has 0 saturated carbocycles.